The number of amides is 1. The Labute approximate surface area is 163 Å². The Balaban J connectivity index is 1.76. The molecule has 3 rings (SSSR count). The second-order valence-corrected chi connectivity index (χ2v) is 7.02. The SMILES string of the molecule is COC(=O)[C@@H]1C[C@H](C(=O)NCCn2ccc(C)n2)[C@H](c2ccccc2F)N1C. The minimum absolute atomic E-state index is 0.213. The van der Waals surface area contributed by atoms with E-state index in [4.69, 9.17) is 4.74 Å². The lowest BCUT2D eigenvalue weighted by Gasteiger charge is -2.27. The van der Waals surface area contributed by atoms with Crippen molar-refractivity contribution < 1.29 is 18.7 Å². The van der Waals surface area contributed by atoms with Crippen LogP contribution >= 0.6 is 0 Å². The molecule has 1 aromatic carbocycles. The molecule has 0 saturated carbocycles. The molecule has 1 aliphatic heterocycles. The van der Waals surface area contributed by atoms with Gasteiger partial charge < -0.3 is 10.1 Å². The molecule has 1 N–H and O–H groups in total. The predicted octanol–water partition coefficient (Wildman–Crippen LogP) is 1.68. The molecule has 2 heterocycles. The van der Waals surface area contributed by atoms with E-state index in [0.717, 1.165) is 5.69 Å². The molecule has 0 aliphatic carbocycles. The number of rotatable bonds is 6. The van der Waals surface area contributed by atoms with Gasteiger partial charge in [-0.15, -0.1) is 0 Å². The molecule has 1 aromatic heterocycles. The summed E-state index contributed by atoms with van der Waals surface area (Å²) in [6, 6.07) is 7.10. The van der Waals surface area contributed by atoms with Crippen molar-refractivity contribution in [2.45, 2.75) is 32.0 Å². The van der Waals surface area contributed by atoms with Crippen LogP contribution in [0.5, 0.6) is 0 Å². The van der Waals surface area contributed by atoms with Crippen molar-refractivity contribution in [3.63, 3.8) is 0 Å². The van der Waals surface area contributed by atoms with Crippen LogP contribution in [0.3, 0.4) is 0 Å². The first-order chi connectivity index (χ1) is 13.4. The molecule has 7 nitrogen and oxygen atoms in total. The number of likely N-dealkylation sites (tertiary alicyclic amines) is 1. The van der Waals surface area contributed by atoms with Gasteiger partial charge >= 0.3 is 5.97 Å². The van der Waals surface area contributed by atoms with Crippen LogP contribution in [0.15, 0.2) is 36.5 Å². The van der Waals surface area contributed by atoms with Crippen LogP contribution in [0.25, 0.3) is 0 Å². The van der Waals surface area contributed by atoms with Crippen molar-refractivity contribution in [1.29, 1.82) is 0 Å². The average molecular weight is 388 g/mol. The van der Waals surface area contributed by atoms with E-state index in [-0.39, 0.29) is 12.3 Å². The molecular formula is C20H25FN4O3. The lowest BCUT2D eigenvalue weighted by molar-refractivity contribution is -0.145. The molecule has 1 fully saturated rings. The van der Waals surface area contributed by atoms with E-state index in [1.165, 1.54) is 13.2 Å². The molecule has 0 unspecified atom stereocenters. The van der Waals surface area contributed by atoms with E-state index in [0.29, 0.717) is 18.7 Å². The van der Waals surface area contributed by atoms with E-state index in [2.05, 4.69) is 10.4 Å². The molecule has 2 aromatic rings. The molecule has 150 valence electrons. The number of methoxy groups -OCH3 is 1. The highest BCUT2D eigenvalue weighted by atomic mass is 19.1. The number of halogens is 1. The van der Waals surface area contributed by atoms with Crippen LogP contribution in [-0.2, 0) is 20.9 Å². The number of esters is 1. The summed E-state index contributed by atoms with van der Waals surface area (Å²) in [6.45, 7) is 2.83. The number of aryl methyl sites for hydroxylation is 1. The second kappa shape index (κ2) is 8.52. The number of hydrogen-bond acceptors (Lipinski definition) is 5. The molecule has 28 heavy (non-hydrogen) atoms. The first-order valence-corrected chi connectivity index (χ1v) is 9.24. The van der Waals surface area contributed by atoms with Gasteiger partial charge in [-0.1, -0.05) is 18.2 Å². The molecule has 0 radical (unpaired) electrons. The van der Waals surface area contributed by atoms with Crippen LogP contribution in [0.4, 0.5) is 4.39 Å². The van der Waals surface area contributed by atoms with Crippen molar-refractivity contribution in [3.8, 4) is 0 Å². The zero-order chi connectivity index (χ0) is 20.3. The summed E-state index contributed by atoms with van der Waals surface area (Å²) >= 11 is 0. The third-order valence-corrected chi connectivity index (χ3v) is 5.24. The molecule has 1 saturated heterocycles. The van der Waals surface area contributed by atoms with Gasteiger partial charge in [0.25, 0.3) is 0 Å². The summed E-state index contributed by atoms with van der Waals surface area (Å²) in [4.78, 5) is 26.8. The van der Waals surface area contributed by atoms with Crippen LogP contribution in [-0.4, -0.2) is 53.3 Å². The van der Waals surface area contributed by atoms with Gasteiger partial charge in [-0.25, -0.2) is 4.39 Å². The molecule has 3 atom stereocenters. The third-order valence-electron chi connectivity index (χ3n) is 5.24. The Morgan fingerprint density at radius 3 is 2.71 bits per heavy atom. The number of likely N-dealkylation sites (N-methyl/N-ethyl adjacent to an activating group) is 1. The predicted molar refractivity (Wildman–Crippen MR) is 101 cm³/mol. The monoisotopic (exact) mass is 388 g/mol. The summed E-state index contributed by atoms with van der Waals surface area (Å²) in [5.74, 6) is -1.60. The van der Waals surface area contributed by atoms with Crippen LogP contribution in [0.2, 0.25) is 0 Å². The fraction of sp³-hybridized carbons (Fsp3) is 0.450. The smallest absolute Gasteiger partial charge is 0.323 e. The summed E-state index contributed by atoms with van der Waals surface area (Å²) < 4.78 is 21.1. The van der Waals surface area contributed by atoms with Crippen molar-refractivity contribution >= 4 is 11.9 Å². The van der Waals surface area contributed by atoms with Gasteiger partial charge in [0.15, 0.2) is 0 Å². The number of benzene rings is 1. The van der Waals surface area contributed by atoms with Crippen molar-refractivity contribution in [3.05, 3.63) is 53.6 Å². The number of hydrogen-bond donors (Lipinski definition) is 1. The number of carbonyl (C=O) groups excluding carboxylic acids is 2. The first-order valence-electron chi connectivity index (χ1n) is 9.24. The maximum Gasteiger partial charge on any atom is 0.323 e. The number of nitrogens with zero attached hydrogens (tertiary/aromatic N) is 3. The Bertz CT molecular complexity index is 853. The number of ether oxygens (including phenoxy) is 1. The summed E-state index contributed by atoms with van der Waals surface area (Å²) in [5, 5.41) is 7.18. The zero-order valence-electron chi connectivity index (χ0n) is 16.3. The first kappa shape index (κ1) is 20.0. The highest BCUT2D eigenvalue weighted by Crippen LogP contribution is 2.41. The van der Waals surface area contributed by atoms with E-state index in [1.807, 2.05) is 19.2 Å². The van der Waals surface area contributed by atoms with Crippen molar-refractivity contribution in [2.24, 2.45) is 5.92 Å². The fourth-order valence-corrected chi connectivity index (χ4v) is 3.83. The normalized spacial score (nSPS) is 22.2. The van der Waals surface area contributed by atoms with Gasteiger partial charge in [0.05, 0.1) is 25.3 Å². The van der Waals surface area contributed by atoms with Crippen LogP contribution in [0, 0.1) is 18.7 Å². The van der Waals surface area contributed by atoms with Gasteiger partial charge in [-0.05, 0) is 32.5 Å². The Hall–Kier alpha value is -2.74. The molecular weight excluding hydrogens is 363 g/mol. The fourth-order valence-electron chi connectivity index (χ4n) is 3.83. The molecule has 1 aliphatic rings. The lowest BCUT2D eigenvalue weighted by Crippen LogP contribution is -2.37. The highest BCUT2D eigenvalue weighted by molar-refractivity contribution is 5.83. The van der Waals surface area contributed by atoms with Gasteiger partial charge in [0.2, 0.25) is 5.91 Å². The quantitative estimate of drug-likeness (QED) is 0.762. The molecule has 0 spiro atoms. The largest absolute Gasteiger partial charge is 0.468 e. The molecule has 1 amide bonds. The maximum absolute atomic E-state index is 14.5. The second-order valence-electron chi connectivity index (χ2n) is 7.02. The number of nitrogens with one attached hydrogen (secondary N) is 1. The maximum atomic E-state index is 14.5. The molecule has 0 bridgehead atoms. The molecule has 8 heteroatoms. The summed E-state index contributed by atoms with van der Waals surface area (Å²) in [6.07, 6.45) is 2.12. The third kappa shape index (κ3) is 4.06. The van der Waals surface area contributed by atoms with Crippen molar-refractivity contribution in [2.75, 3.05) is 20.7 Å². The average Bonchev–Trinajstić information content (AvgIpc) is 3.24. The Kier molecular flexibility index (Phi) is 6.08. The van der Waals surface area contributed by atoms with Crippen molar-refractivity contribution in [1.82, 2.24) is 20.0 Å². The van der Waals surface area contributed by atoms with Gasteiger partial charge in [-0.3, -0.25) is 19.2 Å². The number of carbonyl (C=O) groups is 2. The summed E-state index contributed by atoms with van der Waals surface area (Å²) in [5.41, 5.74) is 1.31. The number of aromatic nitrogens is 2. The van der Waals surface area contributed by atoms with Gasteiger partial charge in [0.1, 0.15) is 11.9 Å². The standard InChI is InChI=1S/C20H25FN4O3/c1-13-8-10-25(23-13)11-9-22-19(26)15-12-17(20(27)28-3)24(2)18(15)14-6-4-5-7-16(14)21/h4-8,10,15,17-18H,9,11-12H2,1-3H3,(H,22,26)/t15-,17-,18-/m0/s1. The highest BCUT2D eigenvalue weighted by Gasteiger charge is 2.47. The Morgan fingerprint density at radius 1 is 1.32 bits per heavy atom. The van der Waals surface area contributed by atoms with E-state index in [9.17, 15) is 14.0 Å². The minimum Gasteiger partial charge on any atom is -0.468 e. The lowest BCUT2D eigenvalue weighted by atomic mass is 9.92. The van der Waals surface area contributed by atoms with E-state index < -0.39 is 29.8 Å². The minimum atomic E-state index is -0.598. The summed E-state index contributed by atoms with van der Waals surface area (Å²) in [7, 11) is 3.03. The van der Waals surface area contributed by atoms with Crippen LogP contribution < -0.4 is 5.32 Å². The van der Waals surface area contributed by atoms with Gasteiger partial charge in [0, 0.05) is 24.3 Å². The Morgan fingerprint density at radius 2 is 2.07 bits per heavy atom. The zero-order valence-corrected chi connectivity index (χ0v) is 16.3. The van der Waals surface area contributed by atoms with E-state index in [1.54, 1.807) is 34.8 Å². The topological polar surface area (TPSA) is 76.5 Å². The van der Waals surface area contributed by atoms with E-state index >= 15 is 0 Å². The van der Waals surface area contributed by atoms with Gasteiger partial charge in [-0.2, -0.15) is 5.10 Å². The van der Waals surface area contributed by atoms with Crippen LogP contribution in [0.1, 0.15) is 23.7 Å².